The van der Waals surface area contributed by atoms with Gasteiger partial charge in [0.15, 0.2) is 0 Å². The van der Waals surface area contributed by atoms with Gasteiger partial charge in [0.2, 0.25) is 0 Å². The average Bonchev–Trinajstić information content (AvgIpc) is 2.94. The minimum Gasteiger partial charge on any atom is -0.385 e. The lowest BCUT2D eigenvalue weighted by molar-refractivity contribution is 0.0951. The standard InChI is InChI=1S/C15H21ClN2O2/c1-2-17-14-4-3-12(16)9-13(14)15(19)18-7-5-11-6-8-20-10-11/h3-4,9,11,17H,2,5-8,10H2,1H3,(H,18,19). The van der Waals surface area contributed by atoms with Crippen LogP contribution < -0.4 is 10.6 Å². The van der Waals surface area contributed by atoms with Crippen LogP contribution in [0.5, 0.6) is 0 Å². The average molecular weight is 297 g/mol. The molecule has 1 amide bonds. The Bertz CT molecular complexity index is 459. The first-order chi connectivity index (χ1) is 9.70. The second kappa shape index (κ2) is 7.50. The van der Waals surface area contributed by atoms with Gasteiger partial charge in [0, 0.05) is 37.0 Å². The van der Waals surface area contributed by atoms with Crippen molar-refractivity contribution >= 4 is 23.2 Å². The number of hydrogen-bond donors (Lipinski definition) is 2. The predicted octanol–water partition coefficient (Wildman–Crippen LogP) is 2.93. The van der Waals surface area contributed by atoms with Crippen LogP contribution >= 0.6 is 11.6 Å². The van der Waals surface area contributed by atoms with Crippen LogP contribution in [0, 0.1) is 5.92 Å². The predicted molar refractivity (Wildman–Crippen MR) is 81.5 cm³/mol. The quantitative estimate of drug-likeness (QED) is 0.848. The van der Waals surface area contributed by atoms with Crippen LogP contribution in [-0.2, 0) is 4.74 Å². The van der Waals surface area contributed by atoms with E-state index < -0.39 is 0 Å². The lowest BCUT2D eigenvalue weighted by Crippen LogP contribution is -2.27. The molecule has 1 fully saturated rings. The summed E-state index contributed by atoms with van der Waals surface area (Å²) in [6.07, 6.45) is 2.05. The number of ether oxygens (including phenoxy) is 1. The molecule has 20 heavy (non-hydrogen) atoms. The highest BCUT2D eigenvalue weighted by Gasteiger charge is 2.16. The van der Waals surface area contributed by atoms with Gasteiger partial charge in [-0.05, 0) is 43.9 Å². The first-order valence-electron chi connectivity index (χ1n) is 7.10. The lowest BCUT2D eigenvalue weighted by Gasteiger charge is -2.12. The number of rotatable bonds is 6. The van der Waals surface area contributed by atoms with Crippen LogP contribution in [0.4, 0.5) is 5.69 Å². The van der Waals surface area contributed by atoms with Crippen LogP contribution in [0.15, 0.2) is 18.2 Å². The highest BCUT2D eigenvalue weighted by molar-refractivity contribution is 6.31. The zero-order valence-electron chi connectivity index (χ0n) is 11.7. The van der Waals surface area contributed by atoms with E-state index in [1.165, 1.54) is 0 Å². The third kappa shape index (κ3) is 4.12. The highest BCUT2D eigenvalue weighted by Crippen LogP contribution is 2.21. The number of nitrogens with one attached hydrogen (secondary N) is 2. The second-order valence-electron chi connectivity index (χ2n) is 4.99. The molecule has 1 atom stereocenters. The Morgan fingerprint density at radius 3 is 3.05 bits per heavy atom. The molecule has 1 aliphatic rings. The third-order valence-electron chi connectivity index (χ3n) is 3.46. The van der Waals surface area contributed by atoms with E-state index in [4.69, 9.17) is 16.3 Å². The molecule has 1 unspecified atom stereocenters. The molecule has 4 nitrogen and oxygen atoms in total. The highest BCUT2D eigenvalue weighted by atomic mass is 35.5. The van der Waals surface area contributed by atoms with E-state index in [0.717, 1.165) is 38.3 Å². The molecular weight excluding hydrogens is 276 g/mol. The van der Waals surface area contributed by atoms with E-state index >= 15 is 0 Å². The first kappa shape index (κ1) is 15.1. The Morgan fingerprint density at radius 2 is 2.35 bits per heavy atom. The molecule has 1 saturated heterocycles. The Morgan fingerprint density at radius 1 is 1.50 bits per heavy atom. The monoisotopic (exact) mass is 296 g/mol. The number of carbonyl (C=O) groups is 1. The summed E-state index contributed by atoms with van der Waals surface area (Å²) in [5.41, 5.74) is 1.42. The van der Waals surface area contributed by atoms with Gasteiger partial charge in [0.1, 0.15) is 0 Å². The molecule has 1 aliphatic heterocycles. The van der Waals surface area contributed by atoms with Gasteiger partial charge >= 0.3 is 0 Å². The van der Waals surface area contributed by atoms with Crippen molar-refractivity contribution in [1.29, 1.82) is 0 Å². The molecule has 1 aromatic rings. The van der Waals surface area contributed by atoms with Crippen molar-refractivity contribution < 1.29 is 9.53 Å². The van der Waals surface area contributed by atoms with E-state index in [2.05, 4.69) is 10.6 Å². The maximum absolute atomic E-state index is 12.2. The molecule has 5 heteroatoms. The number of halogens is 1. The number of anilines is 1. The van der Waals surface area contributed by atoms with E-state index in [0.29, 0.717) is 23.0 Å². The van der Waals surface area contributed by atoms with E-state index in [1.54, 1.807) is 12.1 Å². The van der Waals surface area contributed by atoms with Crippen molar-refractivity contribution in [2.45, 2.75) is 19.8 Å². The number of amides is 1. The number of carbonyl (C=O) groups excluding carboxylic acids is 1. The maximum atomic E-state index is 12.2. The van der Waals surface area contributed by atoms with Gasteiger partial charge in [0.25, 0.3) is 5.91 Å². The van der Waals surface area contributed by atoms with Crippen molar-refractivity contribution in [3.05, 3.63) is 28.8 Å². The fourth-order valence-corrected chi connectivity index (χ4v) is 2.52. The molecule has 0 bridgehead atoms. The van der Waals surface area contributed by atoms with Gasteiger partial charge in [-0.15, -0.1) is 0 Å². The summed E-state index contributed by atoms with van der Waals surface area (Å²) in [4.78, 5) is 12.2. The zero-order chi connectivity index (χ0) is 14.4. The summed E-state index contributed by atoms with van der Waals surface area (Å²) in [7, 11) is 0. The molecule has 110 valence electrons. The van der Waals surface area contributed by atoms with Gasteiger partial charge in [-0.3, -0.25) is 4.79 Å². The van der Waals surface area contributed by atoms with Crippen LogP contribution in [-0.4, -0.2) is 32.2 Å². The molecule has 1 heterocycles. The Labute approximate surface area is 124 Å². The van der Waals surface area contributed by atoms with Crippen molar-refractivity contribution in [3.63, 3.8) is 0 Å². The summed E-state index contributed by atoms with van der Waals surface area (Å²) in [6, 6.07) is 5.32. The van der Waals surface area contributed by atoms with E-state index in [-0.39, 0.29) is 5.91 Å². The van der Waals surface area contributed by atoms with Gasteiger partial charge in [0.05, 0.1) is 5.56 Å². The van der Waals surface area contributed by atoms with Crippen molar-refractivity contribution in [2.75, 3.05) is 31.6 Å². The fraction of sp³-hybridized carbons (Fsp3) is 0.533. The molecule has 2 N–H and O–H groups in total. The summed E-state index contributed by atoms with van der Waals surface area (Å²) in [5.74, 6) is 0.491. The van der Waals surface area contributed by atoms with Crippen LogP contribution in [0.25, 0.3) is 0 Å². The largest absolute Gasteiger partial charge is 0.385 e. The van der Waals surface area contributed by atoms with Gasteiger partial charge in [-0.25, -0.2) is 0 Å². The molecule has 2 rings (SSSR count). The first-order valence-corrected chi connectivity index (χ1v) is 7.48. The van der Waals surface area contributed by atoms with Crippen LogP contribution in [0.1, 0.15) is 30.1 Å². The van der Waals surface area contributed by atoms with Gasteiger partial charge in [-0.1, -0.05) is 11.6 Å². The topological polar surface area (TPSA) is 50.4 Å². The Balaban J connectivity index is 1.91. The minimum atomic E-state index is -0.0811. The third-order valence-corrected chi connectivity index (χ3v) is 3.69. The normalized spacial score (nSPS) is 18.0. The summed E-state index contributed by atoms with van der Waals surface area (Å²) in [5, 5.41) is 6.71. The number of benzene rings is 1. The molecule has 1 aromatic carbocycles. The van der Waals surface area contributed by atoms with Gasteiger partial charge < -0.3 is 15.4 Å². The molecular formula is C15H21ClN2O2. The summed E-state index contributed by atoms with van der Waals surface area (Å²) >= 11 is 5.97. The van der Waals surface area contributed by atoms with Gasteiger partial charge in [-0.2, -0.15) is 0 Å². The Hall–Kier alpha value is -1.26. The molecule has 0 aliphatic carbocycles. The lowest BCUT2D eigenvalue weighted by atomic mass is 10.1. The zero-order valence-corrected chi connectivity index (χ0v) is 12.5. The van der Waals surface area contributed by atoms with Crippen LogP contribution in [0.3, 0.4) is 0 Å². The summed E-state index contributed by atoms with van der Waals surface area (Å²) < 4.78 is 5.33. The fourth-order valence-electron chi connectivity index (χ4n) is 2.34. The minimum absolute atomic E-state index is 0.0811. The molecule has 0 spiro atoms. The van der Waals surface area contributed by atoms with Crippen molar-refractivity contribution in [1.82, 2.24) is 5.32 Å². The molecule has 0 saturated carbocycles. The van der Waals surface area contributed by atoms with E-state index in [1.807, 2.05) is 13.0 Å². The van der Waals surface area contributed by atoms with E-state index in [9.17, 15) is 4.79 Å². The smallest absolute Gasteiger partial charge is 0.253 e. The Kier molecular flexibility index (Phi) is 5.68. The molecule has 0 aromatic heterocycles. The second-order valence-corrected chi connectivity index (χ2v) is 5.43. The maximum Gasteiger partial charge on any atom is 0.253 e. The van der Waals surface area contributed by atoms with Crippen LogP contribution in [0.2, 0.25) is 5.02 Å². The SMILES string of the molecule is CCNc1ccc(Cl)cc1C(=O)NCCC1CCOC1. The summed E-state index contributed by atoms with van der Waals surface area (Å²) in [6.45, 7) is 5.09. The molecule has 0 radical (unpaired) electrons. The number of hydrogen-bond acceptors (Lipinski definition) is 3. The van der Waals surface area contributed by atoms with Crippen molar-refractivity contribution in [3.8, 4) is 0 Å². The van der Waals surface area contributed by atoms with Crippen molar-refractivity contribution in [2.24, 2.45) is 5.92 Å².